The van der Waals surface area contributed by atoms with Crippen LogP contribution in [-0.4, -0.2) is 5.84 Å². The molecule has 0 heterocycles. The summed E-state index contributed by atoms with van der Waals surface area (Å²) in [5.41, 5.74) is 5.81. The van der Waals surface area contributed by atoms with Crippen molar-refractivity contribution in [3.63, 3.8) is 0 Å². The first kappa shape index (κ1) is 13.3. The maximum atomic E-state index is 12.9. The minimum absolute atomic E-state index is 0.150. The molecule has 0 saturated carbocycles. The summed E-state index contributed by atoms with van der Waals surface area (Å²) in [6.07, 6.45) is 0. The molecule has 16 heavy (non-hydrogen) atoms. The lowest BCUT2D eigenvalue weighted by Crippen LogP contribution is -2.28. The Labute approximate surface area is 104 Å². The Hall–Kier alpha value is -0.800. The van der Waals surface area contributed by atoms with Crippen LogP contribution >= 0.6 is 23.2 Å². The molecule has 0 atom stereocenters. The third-order valence-electron chi connectivity index (χ3n) is 1.98. The summed E-state index contributed by atoms with van der Waals surface area (Å²) < 4.78 is 12.9. The van der Waals surface area contributed by atoms with Crippen LogP contribution in [0.25, 0.3) is 0 Å². The van der Waals surface area contributed by atoms with Crippen LogP contribution in [0.1, 0.15) is 20.8 Å². The first-order valence-electron chi connectivity index (χ1n) is 4.71. The summed E-state index contributed by atoms with van der Waals surface area (Å²) in [5.74, 6) is -0.105. The number of nitrogens with two attached hydrogens (primary N) is 1. The molecule has 0 bridgehead atoms. The van der Waals surface area contributed by atoms with Crippen molar-refractivity contribution in [1.82, 2.24) is 0 Å². The fourth-order valence-electron chi connectivity index (χ4n) is 0.930. The van der Waals surface area contributed by atoms with Crippen molar-refractivity contribution in [3.05, 3.63) is 28.0 Å². The highest BCUT2D eigenvalue weighted by Gasteiger charge is 2.17. The normalized spacial score (nSPS) is 13.0. The molecule has 0 saturated heterocycles. The standard InChI is InChI=1S/C11H13Cl2FN2/c1-11(2,3)10(15)16-9-7(12)4-6(14)5-8(9)13/h4-5H,1-3H3,(H2,15,16). The highest BCUT2D eigenvalue weighted by Crippen LogP contribution is 2.34. The number of benzene rings is 1. The van der Waals surface area contributed by atoms with E-state index in [0.717, 1.165) is 12.1 Å². The van der Waals surface area contributed by atoms with Crippen molar-refractivity contribution in [3.8, 4) is 0 Å². The van der Waals surface area contributed by atoms with Crippen molar-refractivity contribution in [1.29, 1.82) is 0 Å². The summed E-state index contributed by atoms with van der Waals surface area (Å²) in [5, 5.41) is 0.300. The highest BCUT2D eigenvalue weighted by molar-refractivity contribution is 6.38. The van der Waals surface area contributed by atoms with Gasteiger partial charge in [0.1, 0.15) is 17.3 Å². The van der Waals surface area contributed by atoms with Crippen molar-refractivity contribution >= 4 is 34.7 Å². The lowest BCUT2D eigenvalue weighted by Gasteiger charge is -2.17. The van der Waals surface area contributed by atoms with Crippen molar-refractivity contribution in [2.24, 2.45) is 16.1 Å². The third-order valence-corrected chi connectivity index (χ3v) is 2.56. The zero-order chi connectivity index (χ0) is 12.5. The summed E-state index contributed by atoms with van der Waals surface area (Å²) in [7, 11) is 0. The molecule has 2 N–H and O–H groups in total. The molecule has 0 spiro atoms. The Morgan fingerprint density at radius 1 is 1.25 bits per heavy atom. The van der Waals surface area contributed by atoms with Crippen LogP contribution in [0, 0.1) is 11.2 Å². The summed E-state index contributed by atoms with van der Waals surface area (Å²) >= 11 is 11.7. The molecule has 0 aromatic heterocycles. The van der Waals surface area contributed by atoms with Gasteiger partial charge >= 0.3 is 0 Å². The van der Waals surface area contributed by atoms with Gasteiger partial charge < -0.3 is 5.73 Å². The molecular formula is C11H13Cl2FN2. The van der Waals surface area contributed by atoms with Crippen LogP contribution in [-0.2, 0) is 0 Å². The predicted octanol–water partition coefficient (Wildman–Crippen LogP) is 4.17. The molecule has 1 rings (SSSR count). The van der Waals surface area contributed by atoms with Crippen LogP contribution in [0.4, 0.5) is 10.1 Å². The molecular weight excluding hydrogens is 250 g/mol. The fraction of sp³-hybridized carbons (Fsp3) is 0.364. The lowest BCUT2D eigenvalue weighted by molar-refractivity contribution is 0.585. The van der Waals surface area contributed by atoms with Crippen LogP contribution in [0.5, 0.6) is 0 Å². The van der Waals surface area contributed by atoms with E-state index < -0.39 is 5.82 Å². The number of halogens is 3. The largest absolute Gasteiger partial charge is 0.387 e. The zero-order valence-electron chi connectivity index (χ0n) is 9.31. The average Bonchev–Trinajstić information content (AvgIpc) is 2.08. The van der Waals surface area contributed by atoms with E-state index in [-0.39, 0.29) is 15.5 Å². The Balaban J connectivity index is 3.26. The summed E-state index contributed by atoms with van der Waals surface area (Å²) in [6, 6.07) is 2.31. The quantitative estimate of drug-likeness (QED) is 0.599. The second-order valence-electron chi connectivity index (χ2n) is 4.47. The number of rotatable bonds is 1. The van der Waals surface area contributed by atoms with Gasteiger partial charge in [-0.25, -0.2) is 9.38 Å². The molecule has 0 amide bonds. The lowest BCUT2D eigenvalue weighted by atomic mass is 9.95. The van der Waals surface area contributed by atoms with Gasteiger partial charge in [0, 0.05) is 5.41 Å². The summed E-state index contributed by atoms with van der Waals surface area (Å²) in [4.78, 5) is 4.13. The molecule has 2 nitrogen and oxygen atoms in total. The average molecular weight is 263 g/mol. The van der Waals surface area contributed by atoms with E-state index in [9.17, 15) is 4.39 Å². The number of hydrogen-bond donors (Lipinski definition) is 1. The van der Waals surface area contributed by atoms with Crippen LogP contribution in [0.3, 0.4) is 0 Å². The molecule has 5 heteroatoms. The molecule has 0 aliphatic heterocycles. The van der Waals surface area contributed by atoms with E-state index >= 15 is 0 Å². The van der Waals surface area contributed by atoms with Gasteiger partial charge in [-0.05, 0) is 12.1 Å². The number of amidine groups is 1. The molecule has 88 valence electrons. The van der Waals surface area contributed by atoms with Gasteiger partial charge in [0.25, 0.3) is 0 Å². The molecule has 0 radical (unpaired) electrons. The van der Waals surface area contributed by atoms with Gasteiger partial charge in [0.2, 0.25) is 0 Å². The Bertz CT molecular complexity index is 413. The summed E-state index contributed by atoms with van der Waals surface area (Å²) in [6.45, 7) is 5.74. The second-order valence-corrected chi connectivity index (χ2v) is 5.28. The Morgan fingerprint density at radius 3 is 2.06 bits per heavy atom. The van der Waals surface area contributed by atoms with Gasteiger partial charge in [0.05, 0.1) is 10.0 Å². The minimum atomic E-state index is -0.497. The van der Waals surface area contributed by atoms with E-state index in [1.165, 1.54) is 0 Å². The highest BCUT2D eigenvalue weighted by atomic mass is 35.5. The van der Waals surface area contributed by atoms with Crippen LogP contribution < -0.4 is 5.73 Å². The number of hydrogen-bond acceptors (Lipinski definition) is 1. The Morgan fingerprint density at radius 2 is 1.69 bits per heavy atom. The van der Waals surface area contributed by atoms with Gasteiger partial charge in [-0.3, -0.25) is 0 Å². The SMILES string of the molecule is CC(C)(C)C(N)=Nc1c(Cl)cc(F)cc1Cl. The molecule has 0 aliphatic carbocycles. The van der Waals surface area contributed by atoms with Gasteiger partial charge in [-0.2, -0.15) is 0 Å². The smallest absolute Gasteiger partial charge is 0.126 e. The minimum Gasteiger partial charge on any atom is -0.387 e. The maximum absolute atomic E-state index is 12.9. The van der Waals surface area contributed by atoms with Crippen molar-refractivity contribution in [2.75, 3.05) is 0 Å². The van der Waals surface area contributed by atoms with E-state index in [2.05, 4.69) is 4.99 Å². The van der Waals surface area contributed by atoms with Crippen molar-refractivity contribution in [2.45, 2.75) is 20.8 Å². The van der Waals surface area contributed by atoms with E-state index in [1.807, 2.05) is 20.8 Å². The number of nitrogens with zero attached hydrogens (tertiary/aromatic N) is 1. The zero-order valence-corrected chi connectivity index (χ0v) is 10.8. The van der Waals surface area contributed by atoms with E-state index in [0.29, 0.717) is 11.5 Å². The molecule has 1 aromatic rings. The number of aliphatic imine (C=N–C) groups is 1. The second kappa shape index (κ2) is 4.60. The predicted molar refractivity (Wildman–Crippen MR) is 67.2 cm³/mol. The van der Waals surface area contributed by atoms with Crippen molar-refractivity contribution < 1.29 is 4.39 Å². The van der Waals surface area contributed by atoms with Gasteiger partial charge in [-0.1, -0.05) is 44.0 Å². The topological polar surface area (TPSA) is 38.4 Å². The molecule has 1 aromatic carbocycles. The maximum Gasteiger partial charge on any atom is 0.126 e. The van der Waals surface area contributed by atoms with Gasteiger partial charge in [-0.15, -0.1) is 0 Å². The van der Waals surface area contributed by atoms with Gasteiger partial charge in [0.15, 0.2) is 0 Å². The Kier molecular flexibility index (Phi) is 3.81. The first-order chi connectivity index (χ1) is 7.21. The fourth-order valence-corrected chi connectivity index (χ4v) is 1.47. The third kappa shape index (κ3) is 3.09. The first-order valence-corrected chi connectivity index (χ1v) is 5.46. The monoisotopic (exact) mass is 262 g/mol. The molecule has 0 aliphatic rings. The molecule has 0 unspecified atom stereocenters. The van der Waals surface area contributed by atoms with E-state index in [1.54, 1.807) is 0 Å². The van der Waals surface area contributed by atoms with Crippen LogP contribution in [0.2, 0.25) is 10.0 Å². The van der Waals surface area contributed by atoms with Crippen LogP contribution in [0.15, 0.2) is 17.1 Å². The molecule has 0 fully saturated rings. The van der Waals surface area contributed by atoms with E-state index in [4.69, 9.17) is 28.9 Å².